The van der Waals surface area contributed by atoms with Crippen molar-refractivity contribution in [3.05, 3.63) is 71.2 Å². The third-order valence-corrected chi connectivity index (χ3v) is 5.93. The maximum atomic E-state index is 12.7. The lowest BCUT2D eigenvalue weighted by molar-refractivity contribution is 0.103. The van der Waals surface area contributed by atoms with Crippen LogP contribution in [0.25, 0.3) is 15.9 Å². The van der Waals surface area contributed by atoms with Gasteiger partial charge in [0.05, 0.1) is 22.5 Å². The molecule has 0 fully saturated rings. The van der Waals surface area contributed by atoms with Crippen LogP contribution in [0.1, 0.15) is 15.4 Å². The first-order valence-corrected chi connectivity index (χ1v) is 11.4. The number of thiophene rings is 1. The molecule has 0 bridgehead atoms. The van der Waals surface area contributed by atoms with Gasteiger partial charge in [-0.2, -0.15) is 5.10 Å². The smallest absolute Gasteiger partial charge is 0.265 e. The molecule has 2 aromatic carbocycles. The number of benzene rings is 2. The molecule has 2 heterocycles. The summed E-state index contributed by atoms with van der Waals surface area (Å²) in [6, 6.07) is 18.1. The minimum absolute atomic E-state index is 0.228. The van der Waals surface area contributed by atoms with Gasteiger partial charge in [0, 0.05) is 16.8 Å². The lowest BCUT2D eigenvalue weighted by Crippen LogP contribution is -2.11. The second kappa shape index (κ2) is 7.34. The van der Waals surface area contributed by atoms with Crippen molar-refractivity contribution in [3.63, 3.8) is 0 Å². The Morgan fingerprint density at radius 1 is 1.03 bits per heavy atom. The number of carbonyl (C=O) groups excluding carboxylic acids is 1. The number of hydrogen-bond acceptors (Lipinski definition) is 5. The van der Waals surface area contributed by atoms with E-state index in [1.807, 2.05) is 48.0 Å². The van der Waals surface area contributed by atoms with Gasteiger partial charge in [0.15, 0.2) is 0 Å². The Morgan fingerprint density at radius 2 is 1.69 bits per heavy atom. The molecule has 0 saturated heterocycles. The van der Waals surface area contributed by atoms with Crippen molar-refractivity contribution in [2.24, 2.45) is 0 Å². The van der Waals surface area contributed by atoms with E-state index in [-0.39, 0.29) is 5.91 Å². The number of para-hydroxylation sites is 1. The van der Waals surface area contributed by atoms with Crippen molar-refractivity contribution in [1.29, 1.82) is 0 Å². The van der Waals surface area contributed by atoms with Crippen LogP contribution in [0.3, 0.4) is 0 Å². The fourth-order valence-corrected chi connectivity index (χ4v) is 4.57. The minimum atomic E-state index is -3.34. The topological polar surface area (TPSA) is 93.1 Å². The molecule has 1 amide bonds. The number of carbonyl (C=O) groups is 1. The van der Waals surface area contributed by atoms with Gasteiger partial charge in [-0.3, -0.25) is 9.52 Å². The van der Waals surface area contributed by atoms with E-state index in [4.69, 9.17) is 0 Å². The van der Waals surface area contributed by atoms with Crippen LogP contribution in [0, 0.1) is 6.92 Å². The third kappa shape index (κ3) is 4.15. The number of amides is 1. The maximum Gasteiger partial charge on any atom is 0.265 e. The Labute approximate surface area is 172 Å². The summed E-state index contributed by atoms with van der Waals surface area (Å²) < 4.78 is 26.8. The fraction of sp³-hybridized carbons (Fsp3) is 0.100. The number of sulfonamides is 1. The van der Waals surface area contributed by atoms with Gasteiger partial charge in [0.25, 0.3) is 5.91 Å². The molecule has 148 valence electrons. The summed E-state index contributed by atoms with van der Waals surface area (Å²) in [6.07, 6.45) is 1.09. The number of aromatic nitrogens is 2. The van der Waals surface area contributed by atoms with Crippen molar-refractivity contribution in [1.82, 2.24) is 9.78 Å². The van der Waals surface area contributed by atoms with Gasteiger partial charge in [-0.15, -0.1) is 11.3 Å². The zero-order valence-electron chi connectivity index (χ0n) is 15.7. The van der Waals surface area contributed by atoms with Gasteiger partial charge in [-0.25, -0.2) is 13.1 Å². The normalized spacial score (nSPS) is 11.5. The van der Waals surface area contributed by atoms with Crippen LogP contribution in [0.5, 0.6) is 0 Å². The highest BCUT2D eigenvalue weighted by molar-refractivity contribution is 7.92. The monoisotopic (exact) mass is 426 g/mol. The molecule has 0 aliphatic carbocycles. The van der Waals surface area contributed by atoms with E-state index >= 15 is 0 Å². The van der Waals surface area contributed by atoms with Gasteiger partial charge in [0.1, 0.15) is 4.83 Å². The molecule has 0 aliphatic rings. The number of aryl methyl sites for hydroxylation is 1. The second-order valence-electron chi connectivity index (χ2n) is 6.57. The van der Waals surface area contributed by atoms with Crippen molar-refractivity contribution in [2.75, 3.05) is 16.3 Å². The molecule has 4 aromatic rings. The highest BCUT2D eigenvalue weighted by Gasteiger charge is 2.17. The highest BCUT2D eigenvalue weighted by Crippen LogP contribution is 2.31. The van der Waals surface area contributed by atoms with E-state index in [1.54, 1.807) is 24.3 Å². The molecule has 0 saturated carbocycles. The van der Waals surface area contributed by atoms with E-state index in [2.05, 4.69) is 15.1 Å². The largest absolute Gasteiger partial charge is 0.321 e. The van der Waals surface area contributed by atoms with Crippen LogP contribution in [-0.4, -0.2) is 30.4 Å². The number of nitrogens with one attached hydrogen (secondary N) is 2. The zero-order chi connectivity index (χ0) is 20.6. The van der Waals surface area contributed by atoms with E-state index in [0.29, 0.717) is 16.3 Å². The lowest BCUT2D eigenvalue weighted by Gasteiger charge is -2.06. The minimum Gasteiger partial charge on any atom is -0.321 e. The molecule has 0 radical (unpaired) electrons. The standard InChI is InChI=1S/C20H18N4O3S2/c1-13-17-12-18(28-20(17)24(22-13)16-6-4-3-5-7-16)19(25)21-14-8-10-15(11-9-14)23-29(2,26)27/h3-12,23H,1-2H3,(H,21,25). The van der Waals surface area contributed by atoms with Gasteiger partial charge in [-0.1, -0.05) is 18.2 Å². The van der Waals surface area contributed by atoms with Crippen molar-refractivity contribution < 1.29 is 13.2 Å². The SMILES string of the molecule is Cc1nn(-c2ccccc2)c2sc(C(=O)Nc3ccc(NS(C)(=O)=O)cc3)cc12. The van der Waals surface area contributed by atoms with Crippen molar-refractivity contribution >= 4 is 48.9 Å². The average molecular weight is 427 g/mol. The molecule has 0 spiro atoms. The fourth-order valence-electron chi connectivity index (χ4n) is 2.93. The summed E-state index contributed by atoms with van der Waals surface area (Å²) in [5.74, 6) is -0.228. The maximum absolute atomic E-state index is 12.7. The molecule has 4 rings (SSSR count). The first-order chi connectivity index (χ1) is 13.8. The lowest BCUT2D eigenvalue weighted by atomic mass is 10.2. The Bertz CT molecular complexity index is 1290. The van der Waals surface area contributed by atoms with Gasteiger partial charge >= 0.3 is 0 Å². The zero-order valence-corrected chi connectivity index (χ0v) is 17.3. The quantitative estimate of drug-likeness (QED) is 0.504. The molecule has 9 heteroatoms. The summed E-state index contributed by atoms with van der Waals surface area (Å²) in [4.78, 5) is 14.2. The summed E-state index contributed by atoms with van der Waals surface area (Å²) >= 11 is 1.37. The predicted molar refractivity (Wildman–Crippen MR) is 117 cm³/mol. The first-order valence-electron chi connectivity index (χ1n) is 8.74. The van der Waals surface area contributed by atoms with Crippen molar-refractivity contribution in [3.8, 4) is 5.69 Å². The van der Waals surface area contributed by atoms with E-state index < -0.39 is 10.0 Å². The molecule has 0 atom stereocenters. The Morgan fingerprint density at radius 3 is 2.34 bits per heavy atom. The van der Waals surface area contributed by atoms with Crippen LogP contribution in [-0.2, 0) is 10.0 Å². The Balaban J connectivity index is 1.58. The summed E-state index contributed by atoms with van der Waals surface area (Å²) in [5.41, 5.74) is 2.81. The van der Waals surface area contributed by atoms with Gasteiger partial charge in [-0.05, 0) is 49.4 Å². The van der Waals surface area contributed by atoms with Crippen LogP contribution in [0.2, 0.25) is 0 Å². The van der Waals surface area contributed by atoms with E-state index in [1.165, 1.54) is 11.3 Å². The molecule has 2 N–H and O–H groups in total. The molecule has 29 heavy (non-hydrogen) atoms. The number of fused-ring (bicyclic) bond motifs is 1. The average Bonchev–Trinajstić information content (AvgIpc) is 3.24. The highest BCUT2D eigenvalue weighted by atomic mass is 32.2. The van der Waals surface area contributed by atoms with Crippen LogP contribution in [0.15, 0.2) is 60.7 Å². The molecule has 7 nitrogen and oxygen atoms in total. The molecule has 2 aromatic heterocycles. The van der Waals surface area contributed by atoms with Gasteiger partial charge in [0.2, 0.25) is 10.0 Å². The summed E-state index contributed by atoms with van der Waals surface area (Å²) in [6.45, 7) is 1.92. The third-order valence-electron chi connectivity index (χ3n) is 4.22. The number of nitrogens with zero attached hydrogens (tertiary/aromatic N) is 2. The Hall–Kier alpha value is -3.17. The predicted octanol–water partition coefficient (Wildman–Crippen LogP) is 4.02. The van der Waals surface area contributed by atoms with E-state index in [0.717, 1.165) is 27.9 Å². The van der Waals surface area contributed by atoms with Gasteiger partial charge < -0.3 is 5.32 Å². The molecule has 0 aliphatic heterocycles. The first kappa shape index (κ1) is 19.2. The molecular weight excluding hydrogens is 408 g/mol. The number of hydrogen-bond donors (Lipinski definition) is 2. The second-order valence-corrected chi connectivity index (χ2v) is 9.35. The summed E-state index contributed by atoms with van der Waals surface area (Å²) in [5, 5.41) is 8.37. The van der Waals surface area contributed by atoms with Crippen LogP contribution < -0.4 is 10.0 Å². The number of rotatable bonds is 5. The number of anilines is 2. The van der Waals surface area contributed by atoms with Crippen LogP contribution >= 0.6 is 11.3 Å². The van der Waals surface area contributed by atoms with Crippen molar-refractivity contribution in [2.45, 2.75) is 6.92 Å². The van der Waals surface area contributed by atoms with E-state index in [9.17, 15) is 13.2 Å². The summed E-state index contributed by atoms with van der Waals surface area (Å²) in [7, 11) is -3.34. The Kier molecular flexibility index (Phi) is 4.85. The van der Waals surface area contributed by atoms with Crippen LogP contribution in [0.4, 0.5) is 11.4 Å². The molecular formula is C20H18N4O3S2. The molecule has 0 unspecified atom stereocenters.